The molecule has 2 heterocycles. The first-order chi connectivity index (χ1) is 10.8. The van der Waals surface area contributed by atoms with Crippen molar-refractivity contribution in [2.45, 2.75) is 25.9 Å². The fraction of sp³-hybridized carbons (Fsp3) is 0.278. The predicted molar refractivity (Wildman–Crippen MR) is 96.2 cm³/mol. The molecule has 0 aliphatic carbocycles. The Morgan fingerprint density at radius 1 is 1.14 bits per heavy atom. The van der Waals surface area contributed by atoms with E-state index in [4.69, 9.17) is 0 Å². The molecular weight excluding hydrogens is 356 g/mol. The van der Waals surface area contributed by atoms with Gasteiger partial charge in [0.2, 0.25) is 0 Å². The topological polar surface area (TPSA) is 16.1 Å². The van der Waals surface area contributed by atoms with Gasteiger partial charge in [-0.15, -0.1) is 11.3 Å². The molecule has 0 atom stereocenters. The van der Waals surface area contributed by atoms with E-state index in [-0.39, 0.29) is 0 Å². The Bertz CT molecular complexity index is 812. The van der Waals surface area contributed by atoms with E-state index in [0.29, 0.717) is 0 Å². The van der Waals surface area contributed by atoms with Gasteiger partial charge >= 0.3 is 0 Å². The third-order valence-corrected chi connectivity index (χ3v) is 5.59. The molecule has 1 aromatic heterocycles. The Kier molecular flexibility index (Phi) is 3.99. The molecule has 1 aliphatic heterocycles. The largest absolute Gasteiger partial charge is 0.295 e. The molecule has 2 nitrogen and oxygen atoms in total. The zero-order chi connectivity index (χ0) is 14.9. The first kappa shape index (κ1) is 14.4. The molecular formula is C18H17BrN2S. The summed E-state index contributed by atoms with van der Waals surface area (Å²) >= 11 is 5.29. The highest BCUT2D eigenvalue weighted by Crippen LogP contribution is 2.25. The van der Waals surface area contributed by atoms with Crippen molar-refractivity contribution in [2.75, 3.05) is 6.54 Å². The minimum absolute atomic E-state index is 1.00. The van der Waals surface area contributed by atoms with Crippen LogP contribution < -0.4 is 0 Å². The third-order valence-electron chi connectivity index (χ3n) is 4.28. The van der Waals surface area contributed by atoms with Crippen molar-refractivity contribution in [2.24, 2.45) is 0 Å². The van der Waals surface area contributed by atoms with E-state index in [0.717, 1.165) is 25.2 Å². The number of hydrogen-bond donors (Lipinski definition) is 0. The van der Waals surface area contributed by atoms with Crippen LogP contribution in [-0.4, -0.2) is 16.4 Å². The maximum Gasteiger partial charge on any atom is 0.0815 e. The van der Waals surface area contributed by atoms with Crippen molar-refractivity contribution in [3.05, 3.63) is 63.1 Å². The summed E-state index contributed by atoms with van der Waals surface area (Å²) in [6.07, 6.45) is 2.40. The lowest BCUT2D eigenvalue weighted by Gasteiger charge is -2.20. The standard InChI is InChI=1S/C18H17BrN2S/c19-16-5-4-15-11-21(7-1-2-14(15)9-16)10-13-3-6-18-17(8-13)20-12-22-18/h3-6,8-9,12H,1-2,7,10-11H2. The van der Waals surface area contributed by atoms with Gasteiger partial charge in [-0.1, -0.05) is 28.1 Å². The predicted octanol–water partition coefficient (Wildman–Crippen LogP) is 5.01. The fourth-order valence-electron chi connectivity index (χ4n) is 3.19. The van der Waals surface area contributed by atoms with Crippen LogP contribution in [0, 0.1) is 0 Å². The van der Waals surface area contributed by atoms with E-state index < -0.39 is 0 Å². The lowest BCUT2D eigenvalue weighted by molar-refractivity contribution is 0.261. The maximum atomic E-state index is 4.43. The summed E-state index contributed by atoms with van der Waals surface area (Å²) in [6, 6.07) is 13.4. The number of fused-ring (bicyclic) bond motifs is 2. The molecule has 0 saturated heterocycles. The average molecular weight is 373 g/mol. The van der Waals surface area contributed by atoms with Gasteiger partial charge in [0.15, 0.2) is 0 Å². The van der Waals surface area contributed by atoms with Crippen molar-refractivity contribution >= 4 is 37.5 Å². The molecule has 0 radical (unpaired) electrons. The van der Waals surface area contributed by atoms with Crippen LogP contribution in [0.25, 0.3) is 10.2 Å². The van der Waals surface area contributed by atoms with E-state index in [1.165, 1.54) is 38.7 Å². The molecule has 0 bridgehead atoms. The summed E-state index contributed by atoms with van der Waals surface area (Å²) in [5.41, 5.74) is 7.37. The van der Waals surface area contributed by atoms with E-state index in [1.54, 1.807) is 11.3 Å². The van der Waals surface area contributed by atoms with E-state index in [1.807, 2.05) is 5.51 Å². The van der Waals surface area contributed by atoms with Crippen molar-refractivity contribution in [3.8, 4) is 0 Å². The third kappa shape index (κ3) is 2.96. The van der Waals surface area contributed by atoms with Crippen LogP contribution in [0.5, 0.6) is 0 Å². The van der Waals surface area contributed by atoms with E-state index in [9.17, 15) is 0 Å². The molecule has 0 unspecified atom stereocenters. The fourth-order valence-corrected chi connectivity index (χ4v) is 4.26. The summed E-state index contributed by atoms with van der Waals surface area (Å²) in [5, 5.41) is 0. The first-order valence-corrected chi connectivity index (χ1v) is 9.27. The number of benzene rings is 2. The summed E-state index contributed by atoms with van der Waals surface area (Å²) in [5.74, 6) is 0. The van der Waals surface area contributed by atoms with Crippen LogP contribution in [0.2, 0.25) is 0 Å². The van der Waals surface area contributed by atoms with Crippen LogP contribution >= 0.6 is 27.3 Å². The van der Waals surface area contributed by atoms with Gasteiger partial charge in [0.1, 0.15) is 0 Å². The molecule has 22 heavy (non-hydrogen) atoms. The van der Waals surface area contributed by atoms with Crippen molar-refractivity contribution in [1.29, 1.82) is 0 Å². The summed E-state index contributed by atoms with van der Waals surface area (Å²) < 4.78 is 2.46. The minimum atomic E-state index is 1.00. The Morgan fingerprint density at radius 3 is 3.05 bits per heavy atom. The molecule has 0 amide bonds. The molecule has 112 valence electrons. The van der Waals surface area contributed by atoms with Gasteiger partial charge < -0.3 is 0 Å². The lowest BCUT2D eigenvalue weighted by Crippen LogP contribution is -2.22. The molecule has 0 fully saturated rings. The minimum Gasteiger partial charge on any atom is -0.295 e. The number of halogens is 1. The van der Waals surface area contributed by atoms with Crippen molar-refractivity contribution < 1.29 is 0 Å². The van der Waals surface area contributed by atoms with Crippen molar-refractivity contribution in [3.63, 3.8) is 0 Å². The Labute approximate surface area is 142 Å². The first-order valence-electron chi connectivity index (χ1n) is 7.60. The molecule has 0 spiro atoms. The number of nitrogens with zero attached hydrogens (tertiary/aromatic N) is 2. The molecule has 1 aliphatic rings. The molecule has 3 aromatic rings. The number of aryl methyl sites for hydroxylation is 1. The molecule has 0 N–H and O–H groups in total. The van der Waals surface area contributed by atoms with Gasteiger partial charge in [-0.2, -0.15) is 0 Å². The summed E-state index contributed by atoms with van der Waals surface area (Å²) in [7, 11) is 0. The van der Waals surface area contributed by atoms with Crippen LogP contribution in [-0.2, 0) is 19.5 Å². The highest BCUT2D eigenvalue weighted by atomic mass is 79.9. The normalized spacial score (nSPS) is 15.7. The molecule has 2 aromatic carbocycles. The monoisotopic (exact) mass is 372 g/mol. The van der Waals surface area contributed by atoms with Crippen LogP contribution in [0.3, 0.4) is 0 Å². The van der Waals surface area contributed by atoms with Gasteiger partial charge in [0, 0.05) is 17.6 Å². The van der Waals surface area contributed by atoms with Gasteiger partial charge in [0.25, 0.3) is 0 Å². The van der Waals surface area contributed by atoms with E-state index in [2.05, 4.69) is 62.2 Å². The smallest absolute Gasteiger partial charge is 0.0815 e. The van der Waals surface area contributed by atoms with Crippen LogP contribution in [0.1, 0.15) is 23.1 Å². The Hall–Kier alpha value is -1.23. The quantitative estimate of drug-likeness (QED) is 0.628. The number of aromatic nitrogens is 1. The van der Waals surface area contributed by atoms with Gasteiger partial charge in [-0.3, -0.25) is 4.90 Å². The number of rotatable bonds is 2. The Balaban J connectivity index is 1.56. The zero-order valence-corrected chi connectivity index (χ0v) is 14.7. The maximum absolute atomic E-state index is 4.43. The highest BCUT2D eigenvalue weighted by molar-refractivity contribution is 9.10. The number of thiazole rings is 1. The van der Waals surface area contributed by atoms with Gasteiger partial charge in [-0.25, -0.2) is 4.98 Å². The highest BCUT2D eigenvalue weighted by Gasteiger charge is 2.15. The Morgan fingerprint density at radius 2 is 2.09 bits per heavy atom. The van der Waals surface area contributed by atoms with Crippen LogP contribution in [0.4, 0.5) is 0 Å². The second-order valence-corrected chi connectivity index (χ2v) is 7.68. The summed E-state index contributed by atoms with van der Waals surface area (Å²) in [6.45, 7) is 3.20. The average Bonchev–Trinajstić information content (AvgIpc) is 2.88. The van der Waals surface area contributed by atoms with Crippen molar-refractivity contribution in [1.82, 2.24) is 9.88 Å². The molecule has 4 rings (SSSR count). The molecule has 4 heteroatoms. The van der Waals surface area contributed by atoms with Gasteiger partial charge in [0.05, 0.1) is 15.7 Å². The number of hydrogen-bond acceptors (Lipinski definition) is 3. The van der Waals surface area contributed by atoms with Crippen LogP contribution in [0.15, 0.2) is 46.4 Å². The lowest BCUT2D eigenvalue weighted by atomic mass is 10.0. The second kappa shape index (κ2) is 6.11. The SMILES string of the molecule is Brc1ccc2c(c1)CCCN(Cc1ccc3scnc3c1)C2. The second-order valence-electron chi connectivity index (χ2n) is 5.88. The summed E-state index contributed by atoms with van der Waals surface area (Å²) in [4.78, 5) is 6.98. The van der Waals surface area contributed by atoms with E-state index >= 15 is 0 Å². The zero-order valence-electron chi connectivity index (χ0n) is 12.3. The van der Waals surface area contributed by atoms with Gasteiger partial charge in [-0.05, 0) is 60.3 Å². The molecule has 0 saturated carbocycles.